The van der Waals surface area contributed by atoms with Crippen LogP contribution in [0.5, 0.6) is 11.6 Å². The lowest BCUT2D eigenvalue weighted by Gasteiger charge is -2.36. The van der Waals surface area contributed by atoms with Crippen molar-refractivity contribution < 1.29 is 28.6 Å². The van der Waals surface area contributed by atoms with Gasteiger partial charge in [0.2, 0.25) is 17.7 Å². The summed E-state index contributed by atoms with van der Waals surface area (Å²) in [5.41, 5.74) is 7.16. The van der Waals surface area contributed by atoms with E-state index in [4.69, 9.17) is 42.4 Å². The minimum absolute atomic E-state index is 0.0260. The lowest BCUT2D eigenvalue weighted by molar-refractivity contribution is -0.130. The van der Waals surface area contributed by atoms with Gasteiger partial charge in [0.05, 0.1) is 36.5 Å². The summed E-state index contributed by atoms with van der Waals surface area (Å²) in [4.78, 5) is 48.1. The van der Waals surface area contributed by atoms with Gasteiger partial charge in [0.1, 0.15) is 11.4 Å². The van der Waals surface area contributed by atoms with Crippen LogP contribution in [0.4, 0.5) is 4.79 Å². The number of hydrogen-bond donors (Lipinski definition) is 1. The van der Waals surface area contributed by atoms with Gasteiger partial charge >= 0.3 is 6.09 Å². The van der Waals surface area contributed by atoms with Gasteiger partial charge in [-0.25, -0.2) is 9.78 Å². The number of likely N-dealkylation sites (tertiary alicyclic amines) is 1. The molecule has 11 nitrogen and oxygen atoms in total. The maximum absolute atomic E-state index is 13.4. The Hall–Kier alpha value is -4.84. The van der Waals surface area contributed by atoms with Crippen LogP contribution < -0.4 is 14.8 Å². The smallest absolute Gasteiger partial charge is 0.410 e. The van der Waals surface area contributed by atoms with Crippen LogP contribution in [0.25, 0.3) is 33.5 Å². The molecule has 3 aliphatic heterocycles. The molecule has 0 unspecified atom stereocenters. The third kappa shape index (κ3) is 9.85. The average Bonchev–Trinajstić information content (AvgIpc) is 3.64. The zero-order valence-electron chi connectivity index (χ0n) is 35.4. The molecule has 2 saturated heterocycles. The number of hydrogen-bond acceptors (Lipinski definition) is 8. The fourth-order valence-electron chi connectivity index (χ4n) is 8.61. The Kier molecular flexibility index (Phi) is 13.3. The summed E-state index contributed by atoms with van der Waals surface area (Å²) < 4.78 is 17.5. The number of nitrogens with one attached hydrogen (secondary N) is 1. The van der Waals surface area contributed by atoms with E-state index in [0.29, 0.717) is 58.1 Å². The van der Waals surface area contributed by atoms with Gasteiger partial charge < -0.3 is 29.3 Å². The zero-order chi connectivity index (χ0) is 42.7. The number of nitrogens with zero attached hydrogens (tertiary/aromatic N) is 4. The van der Waals surface area contributed by atoms with Crippen molar-refractivity contribution in [1.82, 2.24) is 25.0 Å². The Labute approximate surface area is 363 Å². The van der Waals surface area contributed by atoms with E-state index in [2.05, 4.69) is 22.3 Å². The largest absolute Gasteiger partial charge is 0.496 e. The Morgan fingerprint density at radius 1 is 0.883 bits per heavy atom. The first kappa shape index (κ1) is 43.3. The van der Waals surface area contributed by atoms with Crippen LogP contribution in [0.15, 0.2) is 60.7 Å². The molecule has 0 bridgehead atoms. The Balaban J connectivity index is 1.12. The highest BCUT2D eigenvalue weighted by Gasteiger charge is 2.30. The summed E-state index contributed by atoms with van der Waals surface area (Å²) in [5, 5.41) is 4.01. The van der Waals surface area contributed by atoms with Crippen LogP contribution in [-0.2, 0) is 33.8 Å². The van der Waals surface area contributed by atoms with E-state index in [9.17, 15) is 14.4 Å². The lowest BCUT2D eigenvalue weighted by Crippen LogP contribution is -2.43. The third-order valence-electron chi connectivity index (χ3n) is 11.7. The van der Waals surface area contributed by atoms with Crippen LogP contribution in [0.2, 0.25) is 10.0 Å². The van der Waals surface area contributed by atoms with Crippen molar-refractivity contribution >= 4 is 41.1 Å². The van der Waals surface area contributed by atoms with Gasteiger partial charge in [0.25, 0.3) is 0 Å². The van der Waals surface area contributed by atoms with Crippen molar-refractivity contribution in [2.24, 2.45) is 5.92 Å². The minimum atomic E-state index is -0.696. The Morgan fingerprint density at radius 3 is 2.20 bits per heavy atom. The molecule has 318 valence electrons. The lowest BCUT2D eigenvalue weighted by atomic mass is 9.90. The molecule has 0 radical (unpaired) electrons. The monoisotopic (exact) mass is 855 g/mol. The minimum Gasteiger partial charge on any atom is -0.496 e. The van der Waals surface area contributed by atoms with Crippen LogP contribution in [0.3, 0.4) is 0 Å². The highest BCUT2D eigenvalue weighted by atomic mass is 35.5. The van der Waals surface area contributed by atoms with Crippen LogP contribution in [0, 0.1) is 5.92 Å². The number of piperidine rings is 1. The fraction of sp³-hybridized carbons (Fsp3) is 0.447. The van der Waals surface area contributed by atoms with Crippen LogP contribution >= 0.6 is 23.2 Å². The second-order valence-electron chi connectivity index (χ2n) is 17.1. The van der Waals surface area contributed by atoms with E-state index in [1.165, 1.54) is 11.1 Å². The number of carbonyl (C=O) groups excluding carboxylic acids is 3. The standard InChI is InChI=1S/C47H55Cl2N5O6/c1-29(55)53-21-17-30(18-22-53)25-52-20-19-31-23-33(24-41(58-5)39(31)28-52)35-9-7-10-36(43(35)48)37-11-8-12-38(44(37)49)40-15-13-32(45(51-40)59-6)26-54(46(57)60-47(2,3)4)27-34-14-16-42(56)50-34/h7-13,15,23-24,30,34H,14,16-22,25-28H2,1-6H3,(H,50,56)/t34-/m0/s1. The predicted octanol–water partition coefficient (Wildman–Crippen LogP) is 9.04. The number of methoxy groups -OCH3 is 2. The number of benzene rings is 3. The number of carbonyl (C=O) groups is 3. The number of halogens is 2. The van der Waals surface area contributed by atoms with E-state index in [1.807, 2.05) is 74.2 Å². The van der Waals surface area contributed by atoms with E-state index < -0.39 is 11.7 Å². The van der Waals surface area contributed by atoms with E-state index in [1.54, 1.807) is 26.0 Å². The number of ether oxygens (including phenoxy) is 3. The van der Waals surface area contributed by atoms with Crippen LogP contribution in [0.1, 0.15) is 70.1 Å². The summed E-state index contributed by atoms with van der Waals surface area (Å²) in [7, 11) is 3.27. The molecule has 1 N–H and O–H groups in total. The van der Waals surface area contributed by atoms with Gasteiger partial charge in [0.15, 0.2) is 0 Å². The van der Waals surface area contributed by atoms with Gasteiger partial charge in [0, 0.05) is 92.0 Å². The molecule has 3 amide bonds. The Morgan fingerprint density at radius 2 is 1.57 bits per heavy atom. The van der Waals surface area contributed by atoms with Gasteiger partial charge in [-0.15, -0.1) is 0 Å². The van der Waals surface area contributed by atoms with Crippen molar-refractivity contribution in [3.8, 4) is 45.1 Å². The number of fused-ring (bicyclic) bond motifs is 1. The van der Waals surface area contributed by atoms with Crippen molar-refractivity contribution in [2.75, 3.05) is 46.9 Å². The van der Waals surface area contributed by atoms with Crippen LogP contribution in [-0.4, -0.2) is 96.2 Å². The van der Waals surface area contributed by atoms with Gasteiger partial charge in [-0.1, -0.05) is 65.7 Å². The van der Waals surface area contributed by atoms with Crippen molar-refractivity contribution in [3.05, 3.63) is 87.4 Å². The first-order valence-electron chi connectivity index (χ1n) is 20.8. The average molecular weight is 857 g/mol. The molecule has 60 heavy (non-hydrogen) atoms. The maximum Gasteiger partial charge on any atom is 0.410 e. The molecular formula is C47H55Cl2N5O6. The molecule has 4 aromatic rings. The summed E-state index contributed by atoms with van der Waals surface area (Å²) in [5.74, 6) is 1.92. The molecule has 0 saturated carbocycles. The first-order valence-corrected chi connectivity index (χ1v) is 21.5. The quantitative estimate of drug-likeness (QED) is 0.159. The predicted molar refractivity (Wildman–Crippen MR) is 235 cm³/mol. The second kappa shape index (κ2) is 18.4. The zero-order valence-corrected chi connectivity index (χ0v) is 36.9. The van der Waals surface area contributed by atoms with Gasteiger partial charge in [-0.3, -0.25) is 14.5 Å². The number of aromatic nitrogens is 1. The molecule has 1 aromatic heterocycles. The molecule has 0 aliphatic carbocycles. The van der Waals surface area contributed by atoms with Crippen molar-refractivity contribution in [2.45, 2.75) is 84.5 Å². The number of pyridine rings is 1. The van der Waals surface area contributed by atoms with Gasteiger partial charge in [-0.05, 0) is 81.7 Å². The van der Waals surface area contributed by atoms with E-state index >= 15 is 0 Å². The molecule has 13 heteroatoms. The number of amides is 3. The van der Waals surface area contributed by atoms with Crippen molar-refractivity contribution in [1.29, 1.82) is 0 Å². The SMILES string of the molecule is COc1cc(-c2cccc(-c3cccc(-c4ccc(CN(C[C@@H]5CCC(=O)N5)C(=O)OC(C)(C)C)c(OC)n4)c3Cl)c2Cl)cc2c1CN(CC1CCN(C(C)=O)CC1)CC2. The molecule has 2 fully saturated rings. The maximum atomic E-state index is 13.4. The van der Waals surface area contributed by atoms with Gasteiger partial charge in [-0.2, -0.15) is 0 Å². The second-order valence-corrected chi connectivity index (χ2v) is 17.9. The number of rotatable bonds is 11. The fourth-order valence-corrected chi connectivity index (χ4v) is 9.27. The van der Waals surface area contributed by atoms with Crippen molar-refractivity contribution in [3.63, 3.8) is 0 Å². The topological polar surface area (TPSA) is 114 Å². The molecule has 0 spiro atoms. The molecule has 7 rings (SSSR count). The summed E-state index contributed by atoms with van der Waals surface area (Å²) >= 11 is 14.5. The molecular weight excluding hydrogens is 801 g/mol. The van der Waals surface area contributed by atoms with E-state index in [0.717, 1.165) is 80.0 Å². The first-order chi connectivity index (χ1) is 28.7. The normalized spacial score (nSPS) is 17.2. The molecule has 4 heterocycles. The summed E-state index contributed by atoms with van der Waals surface area (Å²) in [6.07, 6.45) is 3.57. The molecule has 3 aliphatic rings. The summed E-state index contributed by atoms with van der Waals surface area (Å²) in [6, 6.07) is 19.7. The highest BCUT2D eigenvalue weighted by molar-refractivity contribution is 6.39. The Bertz CT molecular complexity index is 2230. The van der Waals surface area contributed by atoms with E-state index in [-0.39, 0.29) is 24.4 Å². The summed E-state index contributed by atoms with van der Waals surface area (Å²) in [6.45, 7) is 12.1. The highest BCUT2D eigenvalue weighted by Crippen LogP contribution is 2.44. The molecule has 1 atom stereocenters. The molecule has 3 aromatic carbocycles. The third-order valence-corrected chi connectivity index (χ3v) is 12.5.